The summed E-state index contributed by atoms with van der Waals surface area (Å²) in [7, 11) is 0. The predicted molar refractivity (Wildman–Crippen MR) is 107 cm³/mol. The fourth-order valence-corrected chi connectivity index (χ4v) is 3.43. The first-order chi connectivity index (χ1) is 12.0. The Hall–Kier alpha value is -2.21. The Bertz CT molecular complexity index is 811. The van der Waals surface area contributed by atoms with E-state index < -0.39 is 11.5 Å². The van der Waals surface area contributed by atoms with E-state index in [1.54, 1.807) is 6.92 Å². The van der Waals surface area contributed by atoms with Gasteiger partial charge in [-0.3, -0.25) is 9.59 Å². The number of aryl methyl sites for hydroxylation is 3. The second-order valence-corrected chi connectivity index (χ2v) is 8.60. The maximum Gasteiger partial charge on any atom is 0.248 e. The third-order valence-electron chi connectivity index (χ3n) is 4.09. The first-order valence-corrected chi connectivity index (χ1v) is 9.52. The molecule has 2 amide bonds. The van der Waals surface area contributed by atoms with Gasteiger partial charge in [0.2, 0.25) is 11.8 Å². The smallest absolute Gasteiger partial charge is 0.248 e. The van der Waals surface area contributed by atoms with E-state index in [0.717, 1.165) is 22.4 Å². The molecule has 0 spiro atoms. The normalized spacial score (nSPS) is 12.6. The summed E-state index contributed by atoms with van der Waals surface area (Å²) in [6.07, 6.45) is 0. The van der Waals surface area contributed by atoms with E-state index in [0.29, 0.717) is 5.13 Å². The fourth-order valence-electron chi connectivity index (χ4n) is 2.72. The Labute approximate surface area is 159 Å². The number of rotatable bonds is 4. The number of aromatic nitrogens is 1. The number of amides is 2. The van der Waals surface area contributed by atoms with Crippen molar-refractivity contribution in [1.29, 1.82) is 0 Å². The minimum Gasteiger partial charge on any atom is -0.344 e. The molecule has 0 bridgehead atoms. The summed E-state index contributed by atoms with van der Waals surface area (Å²) < 4.78 is 0. The van der Waals surface area contributed by atoms with Crippen LogP contribution in [0.1, 0.15) is 44.4 Å². The van der Waals surface area contributed by atoms with Crippen molar-refractivity contribution in [2.45, 2.75) is 54.5 Å². The summed E-state index contributed by atoms with van der Waals surface area (Å²) in [5, 5.41) is 7.99. The summed E-state index contributed by atoms with van der Waals surface area (Å²) in [6.45, 7) is 13.3. The topological polar surface area (TPSA) is 71.1 Å². The van der Waals surface area contributed by atoms with Gasteiger partial charge >= 0.3 is 0 Å². The van der Waals surface area contributed by atoms with Gasteiger partial charge in [-0.25, -0.2) is 4.98 Å². The van der Waals surface area contributed by atoms with Crippen molar-refractivity contribution in [1.82, 2.24) is 10.3 Å². The molecule has 0 aliphatic carbocycles. The maximum atomic E-state index is 12.3. The number of thiazole rings is 1. The number of hydrogen-bond donors (Lipinski definition) is 2. The van der Waals surface area contributed by atoms with Gasteiger partial charge in [-0.05, 0) is 38.8 Å². The van der Waals surface area contributed by atoms with E-state index in [1.807, 2.05) is 26.2 Å². The summed E-state index contributed by atoms with van der Waals surface area (Å²) in [5.41, 5.74) is 4.96. The highest BCUT2D eigenvalue weighted by Crippen LogP contribution is 2.31. The largest absolute Gasteiger partial charge is 0.344 e. The Morgan fingerprint density at radius 3 is 2.23 bits per heavy atom. The highest BCUT2D eigenvalue weighted by Gasteiger charge is 2.25. The van der Waals surface area contributed by atoms with Crippen LogP contribution in [0.3, 0.4) is 0 Å². The molecule has 1 aromatic carbocycles. The van der Waals surface area contributed by atoms with Crippen molar-refractivity contribution >= 4 is 28.3 Å². The van der Waals surface area contributed by atoms with Gasteiger partial charge in [0.05, 0.1) is 5.69 Å². The van der Waals surface area contributed by atoms with E-state index in [4.69, 9.17) is 0 Å². The molecule has 1 atom stereocenters. The summed E-state index contributed by atoms with van der Waals surface area (Å²) in [4.78, 5) is 28.9. The van der Waals surface area contributed by atoms with Crippen LogP contribution in [0.4, 0.5) is 5.13 Å². The molecule has 0 saturated heterocycles. The quantitative estimate of drug-likeness (QED) is 0.843. The molecule has 1 aromatic heterocycles. The van der Waals surface area contributed by atoms with Crippen LogP contribution in [0.25, 0.3) is 11.3 Å². The number of hydrogen-bond acceptors (Lipinski definition) is 4. The van der Waals surface area contributed by atoms with Crippen LogP contribution in [0.2, 0.25) is 0 Å². The van der Waals surface area contributed by atoms with E-state index in [2.05, 4.69) is 48.5 Å². The monoisotopic (exact) mass is 373 g/mol. The summed E-state index contributed by atoms with van der Waals surface area (Å²) >= 11 is 1.38. The van der Waals surface area contributed by atoms with Crippen LogP contribution < -0.4 is 10.6 Å². The van der Waals surface area contributed by atoms with Gasteiger partial charge in [0, 0.05) is 16.4 Å². The molecule has 140 valence electrons. The van der Waals surface area contributed by atoms with Crippen LogP contribution in [0.5, 0.6) is 0 Å². The molecule has 5 nitrogen and oxygen atoms in total. The van der Waals surface area contributed by atoms with E-state index in [-0.39, 0.29) is 11.8 Å². The highest BCUT2D eigenvalue weighted by molar-refractivity contribution is 7.14. The van der Waals surface area contributed by atoms with E-state index >= 15 is 0 Å². The highest BCUT2D eigenvalue weighted by atomic mass is 32.1. The lowest BCUT2D eigenvalue weighted by Crippen LogP contribution is -2.46. The lowest BCUT2D eigenvalue weighted by Gasteiger charge is -2.21. The van der Waals surface area contributed by atoms with E-state index in [9.17, 15) is 9.59 Å². The Balaban J connectivity index is 2.11. The van der Waals surface area contributed by atoms with Crippen LogP contribution in [0, 0.1) is 26.2 Å². The number of anilines is 1. The third kappa shape index (κ3) is 4.69. The molecule has 2 rings (SSSR count). The zero-order valence-corrected chi connectivity index (χ0v) is 17.3. The van der Waals surface area contributed by atoms with Gasteiger partial charge in [0.25, 0.3) is 0 Å². The second kappa shape index (κ2) is 7.58. The SMILES string of the molecule is Cc1cc(C)c(-c2csc(NC(=O)C(C)NC(=O)C(C)(C)C)n2)c(C)c1. The van der Waals surface area contributed by atoms with Gasteiger partial charge in [0.1, 0.15) is 6.04 Å². The van der Waals surface area contributed by atoms with Crippen LogP contribution in [0.15, 0.2) is 17.5 Å². The van der Waals surface area contributed by atoms with Crippen molar-refractivity contribution in [2.24, 2.45) is 5.41 Å². The minimum atomic E-state index is -0.628. The third-order valence-corrected chi connectivity index (χ3v) is 4.85. The van der Waals surface area contributed by atoms with Crippen molar-refractivity contribution < 1.29 is 9.59 Å². The van der Waals surface area contributed by atoms with Crippen molar-refractivity contribution in [3.8, 4) is 11.3 Å². The van der Waals surface area contributed by atoms with Gasteiger partial charge in [-0.2, -0.15) is 0 Å². The van der Waals surface area contributed by atoms with Crippen LogP contribution in [-0.2, 0) is 9.59 Å². The minimum absolute atomic E-state index is 0.161. The van der Waals surface area contributed by atoms with Crippen LogP contribution >= 0.6 is 11.3 Å². The zero-order valence-electron chi connectivity index (χ0n) is 16.5. The number of carbonyl (C=O) groups excluding carboxylic acids is 2. The second-order valence-electron chi connectivity index (χ2n) is 7.75. The molecule has 2 aromatic rings. The fraction of sp³-hybridized carbons (Fsp3) is 0.450. The number of nitrogens with one attached hydrogen (secondary N) is 2. The standard InChI is InChI=1S/C20H27N3O2S/c1-11-8-12(2)16(13(3)9-11)15-10-26-19(22-15)23-17(24)14(4)21-18(25)20(5,6)7/h8-10,14H,1-7H3,(H,21,25)(H,22,23,24). The molecule has 26 heavy (non-hydrogen) atoms. The maximum absolute atomic E-state index is 12.3. The van der Waals surface area contributed by atoms with Crippen molar-refractivity contribution in [3.63, 3.8) is 0 Å². The van der Waals surface area contributed by atoms with Crippen LogP contribution in [-0.4, -0.2) is 22.8 Å². The van der Waals surface area contributed by atoms with Gasteiger partial charge in [0.15, 0.2) is 5.13 Å². The van der Waals surface area contributed by atoms with Crippen molar-refractivity contribution in [3.05, 3.63) is 34.2 Å². The molecular formula is C20H27N3O2S. The molecular weight excluding hydrogens is 346 g/mol. The lowest BCUT2D eigenvalue weighted by atomic mass is 9.95. The molecule has 6 heteroatoms. The van der Waals surface area contributed by atoms with Crippen molar-refractivity contribution in [2.75, 3.05) is 5.32 Å². The van der Waals surface area contributed by atoms with Gasteiger partial charge in [-0.1, -0.05) is 38.5 Å². The molecule has 1 heterocycles. The molecule has 0 saturated carbocycles. The van der Waals surface area contributed by atoms with E-state index in [1.165, 1.54) is 16.9 Å². The number of nitrogens with zero attached hydrogens (tertiary/aromatic N) is 1. The van der Waals surface area contributed by atoms with Gasteiger partial charge < -0.3 is 10.6 Å². The number of benzene rings is 1. The average molecular weight is 374 g/mol. The Morgan fingerprint density at radius 2 is 1.69 bits per heavy atom. The molecule has 0 radical (unpaired) electrons. The summed E-state index contributed by atoms with van der Waals surface area (Å²) in [5.74, 6) is -0.438. The Kier molecular flexibility index (Phi) is 5.86. The van der Waals surface area contributed by atoms with Gasteiger partial charge in [-0.15, -0.1) is 11.3 Å². The zero-order chi connectivity index (χ0) is 19.6. The summed E-state index contributed by atoms with van der Waals surface area (Å²) in [6, 6.07) is 3.63. The molecule has 2 N–H and O–H groups in total. The number of carbonyl (C=O) groups is 2. The first-order valence-electron chi connectivity index (χ1n) is 8.64. The Morgan fingerprint density at radius 1 is 1.12 bits per heavy atom. The molecule has 0 aliphatic heterocycles. The first kappa shape index (κ1) is 20.1. The average Bonchev–Trinajstić information content (AvgIpc) is 2.93. The lowest BCUT2D eigenvalue weighted by molar-refractivity contribution is -0.131. The molecule has 1 unspecified atom stereocenters. The molecule has 0 fully saturated rings. The predicted octanol–water partition coefficient (Wildman–Crippen LogP) is 4.22. The molecule has 0 aliphatic rings.